The van der Waals surface area contributed by atoms with Crippen LogP contribution in [-0.2, 0) is 0 Å². The predicted octanol–water partition coefficient (Wildman–Crippen LogP) is 4.73. The zero-order valence-corrected chi connectivity index (χ0v) is 13.6. The third kappa shape index (κ3) is 4.45. The van der Waals surface area contributed by atoms with Crippen LogP contribution in [0.3, 0.4) is 0 Å². The SMILES string of the molecule is O=C(Nc1cccc(Cl)c1)c1cncc(NC2CCCCC2)c1. The third-order valence-corrected chi connectivity index (χ3v) is 4.29. The number of carbonyl (C=O) groups is 1. The lowest BCUT2D eigenvalue weighted by atomic mass is 9.95. The molecular formula is C18H20ClN3O. The Hall–Kier alpha value is -2.07. The molecule has 1 aliphatic rings. The summed E-state index contributed by atoms with van der Waals surface area (Å²) in [6.45, 7) is 0. The molecule has 120 valence electrons. The van der Waals surface area contributed by atoms with Gasteiger partial charge in [-0.15, -0.1) is 0 Å². The van der Waals surface area contributed by atoms with Crippen LogP contribution in [0, 0.1) is 0 Å². The Bertz CT molecular complexity index is 683. The van der Waals surface area contributed by atoms with Gasteiger partial charge in [0.05, 0.1) is 11.3 Å². The van der Waals surface area contributed by atoms with Crippen molar-refractivity contribution in [3.63, 3.8) is 0 Å². The Morgan fingerprint density at radius 2 is 1.91 bits per heavy atom. The van der Waals surface area contributed by atoms with Crippen molar-refractivity contribution in [3.8, 4) is 0 Å². The molecule has 1 amide bonds. The van der Waals surface area contributed by atoms with Gasteiger partial charge in [0.2, 0.25) is 0 Å². The van der Waals surface area contributed by atoms with E-state index >= 15 is 0 Å². The summed E-state index contributed by atoms with van der Waals surface area (Å²) >= 11 is 5.93. The second kappa shape index (κ2) is 7.47. The molecule has 0 spiro atoms. The van der Waals surface area contributed by atoms with Gasteiger partial charge >= 0.3 is 0 Å². The number of benzene rings is 1. The lowest BCUT2D eigenvalue weighted by Gasteiger charge is -2.23. The number of amides is 1. The first-order valence-electron chi connectivity index (χ1n) is 7.99. The fraction of sp³-hybridized carbons (Fsp3) is 0.333. The summed E-state index contributed by atoms with van der Waals surface area (Å²) in [6, 6.07) is 9.43. The second-order valence-corrected chi connectivity index (χ2v) is 6.34. The third-order valence-electron chi connectivity index (χ3n) is 4.06. The summed E-state index contributed by atoms with van der Waals surface area (Å²) in [7, 11) is 0. The topological polar surface area (TPSA) is 54.0 Å². The molecule has 1 fully saturated rings. The summed E-state index contributed by atoms with van der Waals surface area (Å²) in [4.78, 5) is 16.5. The smallest absolute Gasteiger partial charge is 0.257 e. The van der Waals surface area contributed by atoms with E-state index in [-0.39, 0.29) is 5.91 Å². The van der Waals surface area contributed by atoms with Crippen molar-refractivity contribution in [1.29, 1.82) is 0 Å². The van der Waals surface area contributed by atoms with E-state index in [1.807, 2.05) is 6.07 Å². The van der Waals surface area contributed by atoms with E-state index in [9.17, 15) is 4.79 Å². The number of hydrogen-bond donors (Lipinski definition) is 2. The molecule has 0 saturated heterocycles. The second-order valence-electron chi connectivity index (χ2n) is 5.91. The number of aromatic nitrogens is 1. The van der Waals surface area contributed by atoms with Crippen molar-refractivity contribution in [2.24, 2.45) is 0 Å². The highest BCUT2D eigenvalue weighted by Crippen LogP contribution is 2.22. The maximum atomic E-state index is 12.3. The minimum absolute atomic E-state index is 0.188. The van der Waals surface area contributed by atoms with Gasteiger partial charge in [0, 0.05) is 29.1 Å². The van der Waals surface area contributed by atoms with Gasteiger partial charge in [-0.25, -0.2) is 0 Å². The van der Waals surface area contributed by atoms with Crippen LogP contribution in [0.25, 0.3) is 0 Å². The number of halogens is 1. The molecule has 1 aromatic carbocycles. The zero-order valence-electron chi connectivity index (χ0n) is 12.9. The van der Waals surface area contributed by atoms with Crippen LogP contribution in [0.5, 0.6) is 0 Å². The molecule has 23 heavy (non-hydrogen) atoms. The van der Waals surface area contributed by atoms with Crippen LogP contribution in [0.15, 0.2) is 42.7 Å². The van der Waals surface area contributed by atoms with Gasteiger partial charge in [0.15, 0.2) is 0 Å². The number of rotatable bonds is 4. The number of hydrogen-bond acceptors (Lipinski definition) is 3. The summed E-state index contributed by atoms with van der Waals surface area (Å²) in [5, 5.41) is 6.92. The van der Waals surface area contributed by atoms with Crippen LogP contribution in [0.4, 0.5) is 11.4 Å². The van der Waals surface area contributed by atoms with E-state index in [0.717, 1.165) is 5.69 Å². The Kier molecular flexibility index (Phi) is 5.13. The molecule has 0 radical (unpaired) electrons. The maximum Gasteiger partial charge on any atom is 0.257 e. The normalized spacial score (nSPS) is 15.2. The van der Waals surface area contributed by atoms with Crippen molar-refractivity contribution < 1.29 is 4.79 Å². The van der Waals surface area contributed by atoms with Crippen molar-refractivity contribution in [2.75, 3.05) is 10.6 Å². The number of pyridine rings is 1. The fourth-order valence-electron chi connectivity index (χ4n) is 2.90. The number of carbonyl (C=O) groups excluding carboxylic acids is 1. The van der Waals surface area contributed by atoms with E-state index in [4.69, 9.17) is 11.6 Å². The van der Waals surface area contributed by atoms with Gasteiger partial charge in [-0.05, 0) is 37.1 Å². The highest BCUT2D eigenvalue weighted by molar-refractivity contribution is 6.30. The minimum atomic E-state index is -0.188. The molecule has 0 aliphatic heterocycles. The molecule has 0 bridgehead atoms. The van der Waals surface area contributed by atoms with Gasteiger partial charge in [0.1, 0.15) is 0 Å². The van der Waals surface area contributed by atoms with Gasteiger partial charge < -0.3 is 10.6 Å². The lowest BCUT2D eigenvalue weighted by molar-refractivity contribution is 0.102. The number of anilines is 2. The molecule has 1 aromatic heterocycles. The standard InChI is InChI=1S/C18H20ClN3O/c19-14-5-4-8-16(10-14)22-18(23)13-9-17(12-20-11-13)21-15-6-2-1-3-7-15/h4-5,8-12,15,21H,1-3,6-7H2,(H,22,23). The van der Waals surface area contributed by atoms with Crippen molar-refractivity contribution >= 4 is 28.9 Å². The van der Waals surface area contributed by atoms with Crippen LogP contribution >= 0.6 is 11.6 Å². The molecule has 2 N–H and O–H groups in total. The summed E-state index contributed by atoms with van der Waals surface area (Å²) in [5.41, 5.74) is 2.11. The van der Waals surface area contributed by atoms with E-state index in [0.29, 0.717) is 22.3 Å². The first-order valence-corrected chi connectivity index (χ1v) is 8.37. The quantitative estimate of drug-likeness (QED) is 0.852. The van der Waals surface area contributed by atoms with E-state index in [2.05, 4.69) is 15.6 Å². The average molecular weight is 330 g/mol. The average Bonchev–Trinajstić information content (AvgIpc) is 2.56. The summed E-state index contributed by atoms with van der Waals surface area (Å²) in [5.74, 6) is -0.188. The highest BCUT2D eigenvalue weighted by Gasteiger charge is 2.14. The van der Waals surface area contributed by atoms with E-state index in [1.54, 1.807) is 36.7 Å². The molecular weight excluding hydrogens is 310 g/mol. The summed E-state index contributed by atoms with van der Waals surface area (Å²) in [6.07, 6.45) is 9.55. The molecule has 3 rings (SSSR count). The van der Waals surface area contributed by atoms with Gasteiger partial charge in [-0.2, -0.15) is 0 Å². The number of nitrogens with one attached hydrogen (secondary N) is 2. The summed E-state index contributed by atoms with van der Waals surface area (Å²) < 4.78 is 0. The Labute approximate surface area is 141 Å². The van der Waals surface area contributed by atoms with E-state index in [1.165, 1.54) is 32.1 Å². The van der Waals surface area contributed by atoms with Gasteiger partial charge in [-0.3, -0.25) is 9.78 Å². The Balaban J connectivity index is 1.67. The predicted molar refractivity (Wildman–Crippen MR) is 94.1 cm³/mol. The Morgan fingerprint density at radius 1 is 1.09 bits per heavy atom. The number of nitrogens with zero attached hydrogens (tertiary/aromatic N) is 1. The molecule has 1 aliphatic carbocycles. The van der Waals surface area contributed by atoms with E-state index < -0.39 is 0 Å². The lowest BCUT2D eigenvalue weighted by Crippen LogP contribution is -2.22. The van der Waals surface area contributed by atoms with Crippen LogP contribution in [0.1, 0.15) is 42.5 Å². The molecule has 1 saturated carbocycles. The van der Waals surface area contributed by atoms with Crippen LogP contribution in [-0.4, -0.2) is 16.9 Å². The van der Waals surface area contributed by atoms with Gasteiger partial charge in [-0.1, -0.05) is 36.9 Å². The molecule has 2 aromatic rings. The largest absolute Gasteiger partial charge is 0.381 e. The monoisotopic (exact) mass is 329 g/mol. The Morgan fingerprint density at radius 3 is 2.70 bits per heavy atom. The fourth-order valence-corrected chi connectivity index (χ4v) is 3.09. The zero-order chi connectivity index (χ0) is 16.1. The molecule has 1 heterocycles. The van der Waals surface area contributed by atoms with Crippen molar-refractivity contribution in [1.82, 2.24) is 4.98 Å². The molecule has 0 unspecified atom stereocenters. The van der Waals surface area contributed by atoms with Crippen molar-refractivity contribution in [3.05, 3.63) is 53.3 Å². The van der Waals surface area contributed by atoms with Crippen LogP contribution < -0.4 is 10.6 Å². The highest BCUT2D eigenvalue weighted by atomic mass is 35.5. The molecule has 4 nitrogen and oxygen atoms in total. The molecule has 5 heteroatoms. The van der Waals surface area contributed by atoms with Gasteiger partial charge in [0.25, 0.3) is 5.91 Å². The first kappa shape index (κ1) is 15.8. The van der Waals surface area contributed by atoms with Crippen molar-refractivity contribution in [2.45, 2.75) is 38.1 Å². The maximum absolute atomic E-state index is 12.3. The molecule has 0 atom stereocenters. The first-order chi connectivity index (χ1) is 11.2. The minimum Gasteiger partial charge on any atom is -0.381 e. The van der Waals surface area contributed by atoms with Crippen LogP contribution in [0.2, 0.25) is 5.02 Å².